The third-order valence-corrected chi connectivity index (χ3v) is 4.78. The summed E-state index contributed by atoms with van der Waals surface area (Å²) in [5.41, 5.74) is 3.23. The van der Waals surface area contributed by atoms with Crippen LogP contribution in [-0.4, -0.2) is 27.7 Å². The van der Waals surface area contributed by atoms with Crippen molar-refractivity contribution in [2.75, 3.05) is 0 Å². The average Bonchev–Trinajstić information content (AvgIpc) is 3.20. The summed E-state index contributed by atoms with van der Waals surface area (Å²) in [6.07, 6.45) is 3.29. The van der Waals surface area contributed by atoms with Crippen molar-refractivity contribution in [2.24, 2.45) is 4.99 Å². The minimum absolute atomic E-state index is 0.113. The molecule has 4 heterocycles. The molecule has 7 nitrogen and oxygen atoms in total. The molecule has 0 aromatic carbocycles. The summed E-state index contributed by atoms with van der Waals surface area (Å²) in [5, 5.41) is 7.28. The second-order valence-electron chi connectivity index (χ2n) is 5.61. The number of guanidine groups is 1. The standard InChI is InChI=1S/C18H13N5O2S/c1-10-6-8-26-15(10)17(25)23-18-21-14(16(24)22-18)9-11-4-5-12-13(20-11)3-2-7-19-12/h2-9H,1H3,(H2,21,22,23,24,25)/b14-9-. The maximum atomic E-state index is 12.2. The lowest BCUT2D eigenvalue weighted by Gasteiger charge is -2.05. The smallest absolute Gasteiger partial charge is 0.296 e. The van der Waals surface area contributed by atoms with E-state index < -0.39 is 5.91 Å². The van der Waals surface area contributed by atoms with E-state index >= 15 is 0 Å². The van der Waals surface area contributed by atoms with Crippen LogP contribution in [0.3, 0.4) is 0 Å². The van der Waals surface area contributed by atoms with Crippen LogP contribution in [0.5, 0.6) is 0 Å². The molecule has 0 radical (unpaired) electrons. The summed E-state index contributed by atoms with van der Waals surface area (Å²) in [5.74, 6) is -0.648. The number of nitrogens with zero attached hydrogens (tertiary/aromatic N) is 3. The van der Waals surface area contributed by atoms with Gasteiger partial charge in [-0.3, -0.25) is 19.9 Å². The summed E-state index contributed by atoms with van der Waals surface area (Å²) >= 11 is 1.34. The highest BCUT2D eigenvalue weighted by molar-refractivity contribution is 7.12. The maximum Gasteiger partial charge on any atom is 0.296 e. The number of rotatable bonds is 2. The molecule has 4 rings (SSSR count). The number of nitrogens with one attached hydrogen (secondary N) is 2. The molecule has 2 amide bonds. The highest BCUT2D eigenvalue weighted by atomic mass is 32.1. The Morgan fingerprint density at radius 1 is 1.23 bits per heavy atom. The Morgan fingerprint density at radius 2 is 2.12 bits per heavy atom. The van der Waals surface area contributed by atoms with Crippen LogP contribution in [0.1, 0.15) is 20.9 Å². The highest BCUT2D eigenvalue weighted by Gasteiger charge is 2.22. The van der Waals surface area contributed by atoms with Gasteiger partial charge in [0.15, 0.2) is 0 Å². The zero-order valence-corrected chi connectivity index (χ0v) is 14.5. The first-order valence-corrected chi connectivity index (χ1v) is 8.67. The Kier molecular flexibility index (Phi) is 4.02. The number of aromatic nitrogens is 2. The van der Waals surface area contributed by atoms with Gasteiger partial charge in [-0.25, -0.2) is 4.98 Å². The van der Waals surface area contributed by atoms with Crippen molar-refractivity contribution in [2.45, 2.75) is 6.92 Å². The number of thiophene rings is 1. The van der Waals surface area contributed by atoms with E-state index in [2.05, 4.69) is 25.6 Å². The molecule has 0 spiro atoms. The third kappa shape index (κ3) is 3.09. The first kappa shape index (κ1) is 16.1. The number of fused-ring (bicyclic) bond motifs is 1. The van der Waals surface area contributed by atoms with Gasteiger partial charge < -0.3 is 5.32 Å². The van der Waals surface area contributed by atoms with Gasteiger partial charge in [-0.1, -0.05) is 0 Å². The average molecular weight is 363 g/mol. The molecule has 1 aliphatic heterocycles. The van der Waals surface area contributed by atoms with Gasteiger partial charge in [0.1, 0.15) is 5.70 Å². The number of carbonyl (C=O) groups excluding carboxylic acids is 2. The van der Waals surface area contributed by atoms with Crippen molar-refractivity contribution >= 4 is 46.2 Å². The first-order chi connectivity index (χ1) is 12.6. The van der Waals surface area contributed by atoms with E-state index in [4.69, 9.17) is 0 Å². The number of hydrogen-bond donors (Lipinski definition) is 2. The van der Waals surface area contributed by atoms with Crippen molar-refractivity contribution in [1.82, 2.24) is 20.6 Å². The normalized spacial score (nSPS) is 15.2. The number of aliphatic imine (C=N–C) groups is 1. The fourth-order valence-corrected chi connectivity index (χ4v) is 3.32. The Morgan fingerprint density at radius 3 is 2.92 bits per heavy atom. The van der Waals surface area contributed by atoms with Crippen LogP contribution in [0.4, 0.5) is 0 Å². The Labute approximate surface area is 152 Å². The lowest BCUT2D eigenvalue weighted by Crippen LogP contribution is -2.37. The van der Waals surface area contributed by atoms with Gasteiger partial charge >= 0.3 is 0 Å². The molecule has 8 heteroatoms. The van der Waals surface area contributed by atoms with Crippen molar-refractivity contribution < 1.29 is 9.59 Å². The highest BCUT2D eigenvalue weighted by Crippen LogP contribution is 2.16. The van der Waals surface area contributed by atoms with Crippen LogP contribution in [0.25, 0.3) is 17.1 Å². The molecule has 2 N–H and O–H groups in total. The van der Waals surface area contributed by atoms with Gasteiger partial charge in [-0.2, -0.15) is 4.99 Å². The number of carbonyl (C=O) groups is 2. The van der Waals surface area contributed by atoms with Crippen LogP contribution in [0, 0.1) is 6.92 Å². The number of amides is 2. The molecule has 0 saturated heterocycles. The molecular formula is C18H13N5O2S. The summed E-state index contributed by atoms with van der Waals surface area (Å²) in [6.45, 7) is 1.85. The molecular weight excluding hydrogens is 350 g/mol. The van der Waals surface area contributed by atoms with Gasteiger partial charge in [0, 0.05) is 6.20 Å². The van der Waals surface area contributed by atoms with Crippen molar-refractivity contribution in [3.63, 3.8) is 0 Å². The predicted octanol–water partition coefficient (Wildman–Crippen LogP) is 2.26. The molecule has 0 unspecified atom stereocenters. The molecule has 0 fully saturated rings. The fraction of sp³-hybridized carbons (Fsp3) is 0.0556. The van der Waals surface area contributed by atoms with Gasteiger partial charge in [0.2, 0.25) is 5.96 Å². The van der Waals surface area contributed by atoms with Crippen molar-refractivity contribution in [3.8, 4) is 0 Å². The SMILES string of the molecule is Cc1ccsc1C(=O)NC1=NC(=O)/C(=C/c2ccc3ncccc3n2)N1. The van der Waals surface area contributed by atoms with E-state index in [-0.39, 0.29) is 17.6 Å². The van der Waals surface area contributed by atoms with Crippen LogP contribution in [0.2, 0.25) is 0 Å². The van der Waals surface area contributed by atoms with Crippen LogP contribution in [0.15, 0.2) is 52.6 Å². The second-order valence-corrected chi connectivity index (χ2v) is 6.53. The van der Waals surface area contributed by atoms with Crippen LogP contribution < -0.4 is 10.6 Å². The van der Waals surface area contributed by atoms with Crippen molar-refractivity contribution in [1.29, 1.82) is 0 Å². The first-order valence-electron chi connectivity index (χ1n) is 7.79. The summed E-state index contributed by atoms with van der Waals surface area (Å²) < 4.78 is 0. The molecule has 0 bridgehead atoms. The molecule has 26 heavy (non-hydrogen) atoms. The van der Waals surface area contributed by atoms with Gasteiger partial charge in [-0.15, -0.1) is 11.3 Å². The zero-order chi connectivity index (χ0) is 18.1. The van der Waals surface area contributed by atoms with Gasteiger partial charge in [-0.05, 0) is 54.3 Å². The zero-order valence-electron chi connectivity index (χ0n) is 13.7. The molecule has 0 saturated carbocycles. The van der Waals surface area contributed by atoms with Crippen LogP contribution >= 0.6 is 11.3 Å². The maximum absolute atomic E-state index is 12.2. The molecule has 3 aromatic heterocycles. The monoisotopic (exact) mass is 363 g/mol. The Bertz CT molecular complexity index is 1100. The largest absolute Gasteiger partial charge is 0.321 e. The van der Waals surface area contributed by atoms with E-state index in [1.165, 1.54) is 11.3 Å². The van der Waals surface area contributed by atoms with Gasteiger partial charge in [0.25, 0.3) is 11.8 Å². The van der Waals surface area contributed by atoms with Crippen molar-refractivity contribution in [3.05, 3.63) is 63.7 Å². The Balaban J connectivity index is 1.52. The fourth-order valence-electron chi connectivity index (χ4n) is 2.50. The van der Waals surface area contributed by atoms with Crippen LogP contribution in [-0.2, 0) is 4.79 Å². The molecule has 0 aliphatic carbocycles. The number of hydrogen-bond acceptors (Lipinski definition) is 6. The molecule has 3 aromatic rings. The summed E-state index contributed by atoms with van der Waals surface area (Å²) in [4.78, 5) is 37.4. The summed E-state index contributed by atoms with van der Waals surface area (Å²) in [6, 6.07) is 9.11. The minimum Gasteiger partial charge on any atom is -0.321 e. The third-order valence-electron chi connectivity index (χ3n) is 3.77. The number of pyridine rings is 2. The van der Waals surface area contributed by atoms with E-state index in [1.807, 2.05) is 30.5 Å². The minimum atomic E-state index is -0.462. The van der Waals surface area contributed by atoms with Gasteiger partial charge in [0.05, 0.1) is 21.6 Å². The van der Waals surface area contributed by atoms with E-state index in [0.29, 0.717) is 10.6 Å². The lowest BCUT2D eigenvalue weighted by molar-refractivity contribution is -0.114. The second kappa shape index (κ2) is 6.49. The molecule has 0 atom stereocenters. The summed E-state index contributed by atoms with van der Waals surface area (Å²) in [7, 11) is 0. The lowest BCUT2D eigenvalue weighted by atomic mass is 10.2. The Hall–Kier alpha value is -3.39. The van der Waals surface area contributed by atoms with E-state index in [1.54, 1.807) is 24.4 Å². The molecule has 1 aliphatic rings. The quantitative estimate of drug-likeness (QED) is 0.681. The molecule has 128 valence electrons. The number of aryl methyl sites for hydroxylation is 1. The van der Waals surface area contributed by atoms with E-state index in [9.17, 15) is 9.59 Å². The van der Waals surface area contributed by atoms with E-state index in [0.717, 1.165) is 16.6 Å². The topological polar surface area (TPSA) is 96.3 Å². The predicted molar refractivity (Wildman–Crippen MR) is 99.6 cm³/mol.